The number of para-hydroxylation sites is 1. The summed E-state index contributed by atoms with van der Waals surface area (Å²) in [5.74, 6) is -1.08. The van der Waals surface area contributed by atoms with Gasteiger partial charge in [-0.1, -0.05) is 18.2 Å². The number of carbonyl (C=O) groups excluding carboxylic acids is 2. The van der Waals surface area contributed by atoms with Gasteiger partial charge < -0.3 is 10.2 Å². The Morgan fingerprint density at radius 3 is 2.54 bits per heavy atom. The standard InChI is InChI=1S/C18H17F3N2O2S/c1-2-23(17(25)10-9-13-6-5-11-26-13)12-16(24)22-15-8-4-3-7-14(15)18(19,20)21/h3-11H,2,12H2,1H3,(H,22,24)/b10-9+. The number of anilines is 1. The molecule has 1 heterocycles. The van der Waals surface area contributed by atoms with Gasteiger partial charge in [-0.25, -0.2) is 0 Å². The minimum atomic E-state index is -4.58. The van der Waals surface area contributed by atoms with Crippen molar-refractivity contribution in [1.29, 1.82) is 0 Å². The van der Waals surface area contributed by atoms with Crippen molar-refractivity contribution in [3.63, 3.8) is 0 Å². The van der Waals surface area contributed by atoms with E-state index in [2.05, 4.69) is 5.32 Å². The molecule has 1 aromatic carbocycles. The van der Waals surface area contributed by atoms with Gasteiger partial charge in [-0.15, -0.1) is 11.3 Å². The number of nitrogens with one attached hydrogen (secondary N) is 1. The fourth-order valence-electron chi connectivity index (χ4n) is 2.19. The molecule has 0 radical (unpaired) electrons. The average molecular weight is 382 g/mol. The molecule has 0 bridgehead atoms. The molecule has 0 atom stereocenters. The zero-order valence-corrected chi connectivity index (χ0v) is 14.7. The summed E-state index contributed by atoms with van der Waals surface area (Å²) >= 11 is 1.46. The van der Waals surface area contributed by atoms with Crippen LogP contribution in [0.1, 0.15) is 17.4 Å². The lowest BCUT2D eigenvalue weighted by Crippen LogP contribution is -2.37. The molecule has 1 N–H and O–H groups in total. The third-order valence-corrected chi connectivity index (χ3v) is 4.31. The number of likely N-dealkylation sites (N-methyl/N-ethyl adjacent to an activating group) is 1. The Bertz CT molecular complexity index is 786. The molecule has 2 aromatic rings. The average Bonchev–Trinajstić information content (AvgIpc) is 3.10. The topological polar surface area (TPSA) is 49.4 Å². The number of carbonyl (C=O) groups is 2. The smallest absolute Gasteiger partial charge is 0.330 e. The predicted molar refractivity (Wildman–Crippen MR) is 95.7 cm³/mol. The lowest BCUT2D eigenvalue weighted by Gasteiger charge is -2.19. The summed E-state index contributed by atoms with van der Waals surface area (Å²) in [6, 6.07) is 8.40. The van der Waals surface area contributed by atoms with Gasteiger partial charge in [0.15, 0.2) is 0 Å². The number of rotatable bonds is 6. The highest BCUT2D eigenvalue weighted by atomic mass is 32.1. The zero-order valence-electron chi connectivity index (χ0n) is 13.9. The van der Waals surface area contributed by atoms with Gasteiger partial charge >= 0.3 is 6.18 Å². The van der Waals surface area contributed by atoms with Crippen LogP contribution in [0, 0.1) is 0 Å². The second-order valence-corrected chi connectivity index (χ2v) is 6.27. The SMILES string of the molecule is CCN(CC(=O)Nc1ccccc1C(F)(F)F)C(=O)/C=C/c1cccs1. The Morgan fingerprint density at radius 1 is 1.19 bits per heavy atom. The third kappa shape index (κ3) is 5.45. The number of amides is 2. The fourth-order valence-corrected chi connectivity index (χ4v) is 2.81. The number of hydrogen-bond acceptors (Lipinski definition) is 3. The van der Waals surface area contributed by atoms with Crippen LogP contribution < -0.4 is 5.32 Å². The lowest BCUT2D eigenvalue weighted by molar-refractivity contribution is -0.137. The van der Waals surface area contributed by atoms with E-state index in [1.807, 2.05) is 17.5 Å². The maximum Gasteiger partial charge on any atom is 0.418 e. The highest BCUT2D eigenvalue weighted by molar-refractivity contribution is 7.10. The summed E-state index contributed by atoms with van der Waals surface area (Å²) in [5, 5.41) is 4.10. The first kappa shape index (κ1) is 19.7. The maximum atomic E-state index is 13.0. The van der Waals surface area contributed by atoms with Crippen molar-refractivity contribution in [1.82, 2.24) is 4.90 Å². The van der Waals surface area contributed by atoms with Crippen LogP contribution in [0.5, 0.6) is 0 Å². The molecule has 1 aromatic heterocycles. The van der Waals surface area contributed by atoms with Crippen LogP contribution in [-0.2, 0) is 15.8 Å². The van der Waals surface area contributed by atoms with Crippen molar-refractivity contribution in [2.45, 2.75) is 13.1 Å². The van der Waals surface area contributed by atoms with E-state index < -0.39 is 17.6 Å². The first-order valence-electron chi connectivity index (χ1n) is 7.78. The molecule has 4 nitrogen and oxygen atoms in total. The van der Waals surface area contributed by atoms with E-state index >= 15 is 0 Å². The van der Waals surface area contributed by atoms with Gasteiger partial charge in [-0.3, -0.25) is 9.59 Å². The molecule has 0 spiro atoms. The molecular weight excluding hydrogens is 365 g/mol. The molecule has 0 saturated heterocycles. The number of alkyl halides is 3. The van der Waals surface area contributed by atoms with Crippen LogP contribution in [0.4, 0.5) is 18.9 Å². The van der Waals surface area contributed by atoms with E-state index in [1.165, 1.54) is 40.5 Å². The van der Waals surface area contributed by atoms with Crippen LogP contribution in [0.3, 0.4) is 0 Å². The van der Waals surface area contributed by atoms with E-state index in [9.17, 15) is 22.8 Å². The van der Waals surface area contributed by atoms with Crippen molar-refractivity contribution in [3.05, 3.63) is 58.3 Å². The fraction of sp³-hybridized carbons (Fsp3) is 0.222. The van der Waals surface area contributed by atoms with E-state index in [-0.39, 0.29) is 24.7 Å². The van der Waals surface area contributed by atoms with Crippen molar-refractivity contribution < 1.29 is 22.8 Å². The van der Waals surface area contributed by atoms with E-state index in [1.54, 1.807) is 13.0 Å². The van der Waals surface area contributed by atoms with Crippen LogP contribution in [-0.4, -0.2) is 29.8 Å². The molecule has 0 unspecified atom stereocenters. The van der Waals surface area contributed by atoms with Gasteiger partial charge in [-0.05, 0) is 36.6 Å². The van der Waals surface area contributed by atoms with Crippen molar-refractivity contribution in [2.75, 3.05) is 18.4 Å². The Balaban J connectivity index is 2.03. The summed E-state index contributed by atoms with van der Waals surface area (Å²) in [6.07, 6.45) is -1.60. The summed E-state index contributed by atoms with van der Waals surface area (Å²) in [5.41, 5.74) is -1.26. The molecule has 8 heteroatoms. The highest BCUT2D eigenvalue weighted by Gasteiger charge is 2.33. The molecule has 0 fully saturated rings. The number of halogens is 3. The molecule has 2 amide bonds. The number of nitrogens with zero attached hydrogens (tertiary/aromatic N) is 1. The Morgan fingerprint density at radius 2 is 1.92 bits per heavy atom. The summed E-state index contributed by atoms with van der Waals surface area (Å²) in [4.78, 5) is 26.4. The first-order valence-corrected chi connectivity index (χ1v) is 8.65. The van der Waals surface area contributed by atoms with Crippen molar-refractivity contribution in [2.24, 2.45) is 0 Å². The van der Waals surface area contributed by atoms with Gasteiger partial charge in [-0.2, -0.15) is 13.2 Å². The lowest BCUT2D eigenvalue weighted by atomic mass is 10.1. The second-order valence-electron chi connectivity index (χ2n) is 5.29. The van der Waals surface area contributed by atoms with E-state index in [0.29, 0.717) is 0 Å². The van der Waals surface area contributed by atoms with Crippen LogP contribution >= 0.6 is 11.3 Å². The van der Waals surface area contributed by atoms with Gasteiger partial charge in [0.05, 0.1) is 11.3 Å². The molecule has 2 rings (SSSR count). The summed E-state index contributed by atoms with van der Waals surface area (Å²) in [7, 11) is 0. The van der Waals surface area contributed by atoms with Crippen LogP contribution in [0.25, 0.3) is 6.08 Å². The van der Waals surface area contributed by atoms with Crippen molar-refractivity contribution in [3.8, 4) is 0 Å². The van der Waals surface area contributed by atoms with Crippen molar-refractivity contribution >= 4 is 34.9 Å². The Labute approximate surface area is 152 Å². The minimum Gasteiger partial charge on any atom is -0.330 e. The summed E-state index contributed by atoms with van der Waals surface area (Å²) in [6.45, 7) is 1.60. The van der Waals surface area contributed by atoms with Gasteiger partial charge in [0.2, 0.25) is 11.8 Å². The molecule has 26 heavy (non-hydrogen) atoms. The largest absolute Gasteiger partial charge is 0.418 e. The Hall–Kier alpha value is -2.61. The first-order chi connectivity index (χ1) is 12.3. The number of thiophene rings is 1. The maximum absolute atomic E-state index is 13.0. The quantitative estimate of drug-likeness (QED) is 0.759. The molecule has 0 aliphatic rings. The van der Waals surface area contributed by atoms with Gasteiger partial charge in [0.1, 0.15) is 6.54 Å². The molecule has 0 aliphatic carbocycles. The third-order valence-electron chi connectivity index (χ3n) is 3.47. The van der Waals surface area contributed by atoms with E-state index in [0.717, 1.165) is 10.9 Å². The van der Waals surface area contributed by atoms with Crippen LogP contribution in [0.15, 0.2) is 47.9 Å². The molecule has 0 saturated carbocycles. The predicted octanol–water partition coefficient (Wildman–Crippen LogP) is 4.27. The Kier molecular flexibility index (Phi) is 6.57. The summed E-state index contributed by atoms with van der Waals surface area (Å²) < 4.78 is 38.9. The molecular formula is C18H17F3N2O2S. The van der Waals surface area contributed by atoms with E-state index in [4.69, 9.17) is 0 Å². The number of hydrogen-bond donors (Lipinski definition) is 1. The van der Waals surface area contributed by atoms with Gasteiger partial charge in [0, 0.05) is 17.5 Å². The normalized spacial score (nSPS) is 11.5. The number of benzene rings is 1. The zero-order chi connectivity index (χ0) is 19.2. The second kappa shape index (κ2) is 8.66. The molecule has 138 valence electrons. The van der Waals surface area contributed by atoms with Crippen LogP contribution in [0.2, 0.25) is 0 Å². The van der Waals surface area contributed by atoms with Gasteiger partial charge in [0.25, 0.3) is 0 Å². The highest BCUT2D eigenvalue weighted by Crippen LogP contribution is 2.34. The molecule has 0 aliphatic heterocycles. The minimum absolute atomic E-state index is 0.252. The monoisotopic (exact) mass is 382 g/mol.